The van der Waals surface area contributed by atoms with Crippen LogP contribution in [-0.4, -0.2) is 35.4 Å². The van der Waals surface area contributed by atoms with Crippen molar-refractivity contribution in [2.45, 2.75) is 44.9 Å². The van der Waals surface area contributed by atoms with Crippen molar-refractivity contribution in [1.82, 2.24) is 5.32 Å². The second-order valence-electron chi connectivity index (χ2n) is 4.54. The van der Waals surface area contributed by atoms with Crippen LogP contribution in [0.15, 0.2) is 0 Å². The van der Waals surface area contributed by atoms with Crippen LogP contribution in [0.2, 0.25) is 0 Å². The van der Waals surface area contributed by atoms with Crippen molar-refractivity contribution >= 4 is 5.91 Å². The fourth-order valence-corrected chi connectivity index (χ4v) is 1.16. The van der Waals surface area contributed by atoms with Crippen LogP contribution >= 0.6 is 0 Å². The van der Waals surface area contributed by atoms with E-state index in [1.807, 2.05) is 0 Å². The van der Waals surface area contributed by atoms with E-state index in [1.54, 1.807) is 13.8 Å². The fourth-order valence-electron chi connectivity index (χ4n) is 1.16. The van der Waals surface area contributed by atoms with Gasteiger partial charge in [0.25, 0.3) is 0 Å². The zero-order chi connectivity index (χ0) is 13.9. The molecule has 0 bridgehead atoms. The normalized spacial score (nSPS) is 17.7. The summed E-state index contributed by atoms with van der Waals surface area (Å²) in [6.45, 7) is 3.89. The number of aliphatic hydroxyl groups excluding tert-OH is 1. The highest BCUT2D eigenvalue weighted by molar-refractivity contribution is 5.86. The molecule has 1 amide bonds. The van der Waals surface area contributed by atoms with Gasteiger partial charge >= 0.3 is 6.18 Å². The number of hydrogen-bond acceptors (Lipinski definition) is 3. The second kappa shape index (κ2) is 5.68. The molecule has 2 unspecified atom stereocenters. The first-order valence-electron chi connectivity index (χ1n) is 5.31. The number of hydrogen-bond donors (Lipinski definition) is 3. The van der Waals surface area contributed by atoms with Crippen molar-refractivity contribution in [2.75, 3.05) is 6.61 Å². The Labute approximate surface area is 98.4 Å². The molecule has 17 heavy (non-hydrogen) atoms. The van der Waals surface area contributed by atoms with Crippen molar-refractivity contribution in [3.05, 3.63) is 0 Å². The molecule has 0 spiro atoms. The lowest BCUT2D eigenvalue weighted by molar-refractivity contribution is -0.188. The summed E-state index contributed by atoms with van der Waals surface area (Å²) in [6.07, 6.45) is -4.62. The predicted octanol–water partition coefficient (Wildman–Crippen LogP) is 0.789. The molecule has 0 aromatic carbocycles. The van der Waals surface area contributed by atoms with Crippen LogP contribution in [0.25, 0.3) is 0 Å². The molecule has 2 atom stereocenters. The van der Waals surface area contributed by atoms with E-state index < -0.39 is 23.7 Å². The zero-order valence-corrected chi connectivity index (χ0v) is 10.1. The lowest BCUT2D eigenvalue weighted by Gasteiger charge is -2.30. The first kappa shape index (κ1) is 16.2. The zero-order valence-electron chi connectivity index (χ0n) is 10.1. The molecule has 0 heterocycles. The molecule has 0 radical (unpaired) electrons. The molecule has 102 valence electrons. The highest BCUT2D eigenvalue weighted by Gasteiger charge is 2.54. The number of halogens is 3. The van der Waals surface area contributed by atoms with Crippen molar-refractivity contribution in [1.29, 1.82) is 0 Å². The molecule has 0 saturated carbocycles. The van der Waals surface area contributed by atoms with E-state index in [2.05, 4.69) is 5.32 Å². The number of nitrogens with one attached hydrogen (secondary N) is 1. The molecule has 0 saturated heterocycles. The van der Waals surface area contributed by atoms with Gasteiger partial charge in [0.2, 0.25) is 5.91 Å². The number of carbonyl (C=O) groups is 1. The Hall–Kier alpha value is -0.820. The van der Waals surface area contributed by atoms with Crippen molar-refractivity contribution < 1.29 is 23.1 Å². The first-order chi connectivity index (χ1) is 7.54. The molecule has 0 rings (SSSR count). The summed E-state index contributed by atoms with van der Waals surface area (Å²) >= 11 is 0. The van der Waals surface area contributed by atoms with Gasteiger partial charge in [0.1, 0.15) is 0 Å². The van der Waals surface area contributed by atoms with E-state index in [0.29, 0.717) is 6.92 Å². The highest BCUT2D eigenvalue weighted by atomic mass is 19.4. The summed E-state index contributed by atoms with van der Waals surface area (Å²) in [5, 5.41) is 11.0. The lowest BCUT2D eigenvalue weighted by atomic mass is 9.97. The van der Waals surface area contributed by atoms with Crippen LogP contribution in [-0.2, 0) is 4.79 Å². The largest absolute Gasteiger partial charge is 0.415 e. The Balaban J connectivity index is 4.72. The van der Waals surface area contributed by atoms with Gasteiger partial charge in [-0.2, -0.15) is 13.2 Å². The van der Waals surface area contributed by atoms with Gasteiger partial charge < -0.3 is 16.2 Å². The summed E-state index contributed by atoms with van der Waals surface area (Å²) in [5.74, 6) is -1.37. The summed E-state index contributed by atoms with van der Waals surface area (Å²) < 4.78 is 37.5. The fraction of sp³-hybridized carbons (Fsp3) is 0.900. The van der Waals surface area contributed by atoms with Gasteiger partial charge in [-0.05, 0) is 19.3 Å². The summed E-state index contributed by atoms with van der Waals surface area (Å²) in [7, 11) is 0. The summed E-state index contributed by atoms with van der Waals surface area (Å²) in [6, 6.07) is -0.530. The minimum absolute atomic E-state index is 0.0878. The van der Waals surface area contributed by atoms with Gasteiger partial charge in [-0.15, -0.1) is 0 Å². The van der Waals surface area contributed by atoms with Gasteiger partial charge in [0, 0.05) is 12.6 Å². The van der Waals surface area contributed by atoms with E-state index in [1.165, 1.54) is 0 Å². The molecule has 0 aliphatic heterocycles. The Morgan fingerprint density at radius 1 is 1.41 bits per heavy atom. The number of carbonyl (C=O) groups excluding carboxylic acids is 1. The quantitative estimate of drug-likeness (QED) is 0.680. The maximum absolute atomic E-state index is 12.5. The van der Waals surface area contributed by atoms with E-state index in [-0.39, 0.29) is 18.9 Å². The van der Waals surface area contributed by atoms with Gasteiger partial charge in [0.15, 0.2) is 5.54 Å². The van der Waals surface area contributed by atoms with Gasteiger partial charge in [-0.25, -0.2) is 0 Å². The number of rotatable bonds is 5. The minimum Gasteiger partial charge on any atom is -0.396 e. The molecular weight excluding hydrogens is 237 g/mol. The van der Waals surface area contributed by atoms with Crippen LogP contribution < -0.4 is 11.1 Å². The van der Waals surface area contributed by atoms with Crippen LogP contribution in [0, 0.1) is 5.92 Å². The van der Waals surface area contributed by atoms with E-state index in [0.717, 1.165) is 0 Å². The van der Waals surface area contributed by atoms with E-state index >= 15 is 0 Å². The standard InChI is InChI=1S/C10H19F3N2O2/c1-6(2)7(4-5-16)15-8(17)9(3,14)10(11,12)13/h6-7,16H,4-5,14H2,1-3H3,(H,15,17). The van der Waals surface area contributed by atoms with Crippen molar-refractivity contribution in [2.24, 2.45) is 11.7 Å². The monoisotopic (exact) mass is 256 g/mol. The van der Waals surface area contributed by atoms with Crippen LogP contribution in [0.3, 0.4) is 0 Å². The van der Waals surface area contributed by atoms with Crippen molar-refractivity contribution in [3.8, 4) is 0 Å². The first-order valence-corrected chi connectivity index (χ1v) is 5.31. The average Bonchev–Trinajstić information content (AvgIpc) is 2.14. The van der Waals surface area contributed by atoms with E-state index in [4.69, 9.17) is 10.8 Å². The third-order valence-corrected chi connectivity index (χ3v) is 2.62. The Kier molecular flexibility index (Phi) is 5.41. The SMILES string of the molecule is CC(C)C(CCO)NC(=O)C(C)(N)C(F)(F)F. The molecule has 0 aromatic rings. The Morgan fingerprint density at radius 2 is 1.88 bits per heavy atom. The maximum Gasteiger partial charge on any atom is 0.415 e. The number of amides is 1. The molecule has 4 nitrogen and oxygen atoms in total. The topological polar surface area (TPSA) is 75.3 Å². The Morgan fingerprint density at radius 3 is 2.18 bits per heavy atom. The molecule has 0 fully saturated rings. The van der Waals surface area contributed by atoms with Crippen LogP contribution in [0.1, 0.15) is 27.2 Å². The number of aliphatic hydroxyl groups is 1. The highest BCUT2D eigenvalue weighted by Crippen LogP contribution is 2.28. The van der Waals surface area contributed by atoms with Crippen LogP contribution in [0.4, 0.5) is 13.2 Å². The average molecular weight is 256 g/mol. The predicted molar refractivity (Wildman–Crippen MR) is 57.1 cm³/mol. The third-order valence-electron chi connectivity index (χ3n) is 2.62. The van der Waals surface area contributed by atoms with E-state index in [9.17, 15) is 18.0 Å². The van der Waals surface area contributed by atoms with Crippen LogP contribution in [0.5, 0.6) is 0 Å². The summed E-state index contributed by atoms with van der Waals surface area (Å²) in [5.41, 5.74) is 2.06. The molecule has 0 aromatic heterocycles. The smallest absolute Gasteiger partial charge is 0.396 e. The molecule has 0 aliphatic carbocycles. The number of alkyl halides is 3. The molecular formula is C10H19F3N2O2. The van der Waals surface area contributed by atoms with Crippen molar-refractivity contribution in [3.63, 3.8) is 0 Å². The second-order valence-corrected chi connectivity index (χ2v) is 4.54. The Bertz CT molecular complexity index is 265. The lowest BCUT2D eigenvalue weighted by Crippen LogP contribution is -2.63. The third kappa shape index (κ3) is 4.16. The minimum atomic E-state index is -4.81. The molecule has 7 heteroatoms. The van der Waals surface area contributed by atoms with Gasteiger partial charge in [-0.3, -0.25) is 4.79 Å². The molecule has 0 aliphatic rings. The number of nitrogens with two attached hydrogens (primary N) is 1. The summed E-state index contributed by atoms with van der Waals surface area (Å²) in [4.78, 5) is 11.5. The van der Waals surface area contributed by atoms with Gasteiger partial charge in [0.05, 0.1) is 0 Å². The molecule has 4 N–H and O–H groups in total. The maximum atomic E-state index is 12.5. The van der Waals surface area contributed by atoms with Gasteiger partial charge in [-0.1, -0.05) is 13.8 Å².